The number of hydrogen-bond donors (Lipinski definition) is 2. The highest BCUT2D eigenvalue weighted by Crippen LogP contribution is 2.39. The van der Waals surface area contributed by atoms with Crippen molar-refractivity contribution in [3.05, 3.63) is 29.3 Å². The molecule has 0 spiro atoms. The Balaban J connectivity index is 2.13. The number of aliphatic imine (C=N–C) groups is 1. The smallest absolute Gasteiger partial charge is 0.191 e. The summed E-state index contributed by atoms with van der Waals surface area (Å²) in [6.45, 7) is 8.55. The molecule has 1 fully saturated rings. The van der Waals surface area contributed by atoms with Gasteiger partial charge < -0.3 is 24.8 Å². The fraction of sp³-hybridized carbons (Fsp3) is 0.650. The molecule has 0 bridgehead atoms. The lowest BCUT2D eigenvalue weighted by Gasteiger charge is -2.39. The Labute approximate surface area is 157 Å². The number of ether oxygens (including phenoxy) is 3. The van der Waals surface area contributed by atoms with E-state index in [9.17, 15) is 0 Å². The summed E-state index contributed by atoms with van der Waals surface area (Å²) in [5, 5.41) is 6.80. The zero-order valence-electron chi connectivity index (χ0n) is 16.6. The van der Waals surface area contributed by atoms with E-state index in [0.717, 1.165) is 57.5 Å². The maximum atomic E-state index is 5.67. The molecule has 6 heteroatoms. The highest BCUT2D eigenvalue weighted by molar-refractivity contribution is 5.79. The molecule has 1 saturated heterocycles. The van der Waals surface area contributed by atoms with E-state index < -0.39 is 0 Å². The van der Waals surface area contributed by atoms with Crippen LogP contribution in [0.4, 0.5) is 0 Å². The minimum absolute atomic E-state index is 0.0346. The molecule has 2 N–H and O–H groups in total. The van der Waals surface area contributed by atoms with Gasteiger partial charge in [0.25, 0.3) is 0 Å². The molecule has 26 heavy (non-hydrogen) atoms. The molecule has 0 amide bonds. The Morgan fingerprint density at radius 2 is 2.04 bits per heavy atom. The van der Waals surface area contributed by atoms with Crippen LogP contribution >= 0.6 is 0 Å². The summed E-state index contributed by atoms with van der Waals surface area (Å²) in [6.07, 6.45) is 1.91. The van der Waals surface area contributed by atoms with Crippen LogP contribution in [0.3, 0.4) is 0 Å². The third-order valence-corrected chi connectivity index (χ3v) is 4.94. The van der Waals surface area contributed by atoms with E-state index in [4.69, 9.17) is 14.2 Å². The molecule has 1 aromatic carbocycles. The van der Waals surface area contributed by atoms with Crippen LogP contribution in [0.15, 0.2) is 23.2 Å². The van der Waals surface area contributed by atoms with E-state index >= 15 is 0 Å². The molecule has 1 aliphatic heterocycles. The number of benzene rings is 1. The number of nitrogens with one attached hydrogen (secondary N) is 2. The number of guanidine groups is 1. The van der Waals surface area contributed by atoms with Gasteiger partial charge in [-0.1, -0.05) is 17.7 Å². The van der Waals surface area contributed by atoms with E-state index in [0.29, 0.717) is 6.61 Å². The number of rotatable bonds is 8. The molecule has 1 aliphatic rings. The number of nitrogens with zero attached hydrogens (tertiary/aromatic N) is 1. The van der Waals surface area contributed by atoms with Gasteiger partial charge >= 0.3 is 0 Å². The molecular weight excluding hydrogens is 330 g/mol. The Bertz CT molecular complexity index is 584. The van der Waals surface area contributed by atoms with Crippen molar-refractivity contribution in [2.45, 2.75) is 32.1 Å². The molecule has 0 atom stereocenters. The van der Waals surface area contributed by atoms with Crippen LogP contribution in [0.1, 0.15) is 30.9 Å². The standard InChI is InChI=1S/C20H33N3O3/c1-5-25-13-10-22-19(21-3)23-15-20(8-11-26-12-9-20)17-14-16(2)6-7-18(17)24-4/h6-7,14H,5,8-13,15H2,1-4H3,(H2,21,22,23). The normalized spacial score (nSPS) is 17.0. The lowest BCUT2D eigenvalue weighted by molar-refractivity contribution is 0.0505. The molecule has 1 aromatic rings. The van der Waals surface area contributed by atoms with E-state index in [2.05, 4.69) is 40.7 Å². The molecule has 0 aliphatic carbocycles. The van der Waals surface area contributed by atoms with Crippen molar-refractivity contribution in [3.63, 3.8) is 0 Å². The minimum atomic E-state index is -0.0346. The summed E-state index contributed by atoms with van der Waals surface area (Å²) < 4.78 is 16.7. The van der Waals surface area contributed by atoms with Crippen molar-refractivity contribution in [2.24, 2.45) is 4.99 Å². The first kappa shape index (κ1) is 20.5. The average molecular weight is 364 g/mol. The van der Waals surface area contributed by atoms with Gasteiger partial charge in [-0.2, -0.15) is 0 Å². The Hall–Kier alpha value is -1.79. The van der Waals surface area contributed by atoms with Gasteiger partial charge in [0, 0.05) is 50.9 Å². The van der Waals surface area contributed by atoms with Crippen LogP contribution in [-0.2, 0) is 14.9 Å². The fourth-order valence-electron chi connectivity index (χ4n) is 3.40. The monoisotopic (exact) mass is 363 g/mol. The van der Waals surface area contributed by atoms with Gasteiger partial charge in [-0.15, -0.1) is 0 Å². The van der Waals surface area contributed by atoms with E-state index in [-0.39, 0.29) is 5.41 Å². The van der Waals surface area contributed by atoms with Crippen LogP contribution in [0, 0.1) is 6.92 Å². The van der Waals surface area contributed by atoms with Crippen LogP contribution in [0.25, 0.3) is 0 Å². The molecule has 146 valence electrons. The Morgan fingerprint density at radius 3 is 2.69 bits per heavy atom. The molecule has 1 heterocycles. The van der Waals surface area contributed by atoms with E-state index in [1.165, 1.54) is 11.1 Å². The fourth-order valence-corrected chi connectivity index (χ4v) is 3.40. The maximum Gasteiger partial charge on any atom is 0.191 e. The second-order valence-corrected chi connectivity index (χ2v) is 6.65. The van der Waals surface area contributed by atoms with Crippen LogP contribution < -0.4 is 15.4 Å². The summed E-state index contributed by atoms with van der Waals surface area (Å²) >= 11 is 0. The van der Waals surface area contributed by atoms with Gasteiger partial charge in [0.05, 0.1) is 13.7 Å². The van der Waals surface area contributed by atoms with Crippen LogP contribution in [0.2, 0.25) is 0 Å². The van der Waals surface area contributed by atoms with Crippen molar-refractivity contribution in [1.29, 1.82) is 0 Å². The zero-order valence-corrected chi connectivity index (χ0v) is 16.6. The predicted octanol–water partition coefficient (Wildman–Crippen LogP) is 2.25. The summed E-state index contributed by atoms with van der Waals surface area (Å²) in [5.41, 5.74) is 2.46. The zero-order chi connectivity index (χ0) is 18.8. The number of hydrogen-bond acceptors (Lipinski definition) is 4. The third kappa shape index (κ3) is 5.35. The summed E-state index contributed by atoms with van der Waals surface area (Å²) in [5.74, 6) is 1.74. The Morgan fingerprint density at radius 1 is 1.27 bits per heavy atom. The summed E-state index contributed by atoms with van der Waals surface area (Å²) in [6, 6.07) is 6.41. The Kier molecular flexibility index (Phi) is 8.19. The SMILES string of the molecule is CCOCCNC(=NC)NCC1(c2cc(C)ccc2OC)CCOCC1. The minimum Gasteiger partial charge on any atom is -0.496 e. The van der Waals surface area contributed by atoms with Crippen molar-refractivity contribution in [2.75, 3.05) is 53.7 Å². The third-order valence-electron chi connectivity index (χ3n) is 4.94. The van der Waals surface area contributed by atoms with E-state index in [1.807, 2.05) is 6.92 Å². The highest BCUT2D eigenvalue weighted by atomic mass is 16.5. The van der Waals surface area contributed by atoms with Crippen molar-refractivity contribution in [1.82, 2.24) is 10.6 Å². The highest BCUT2D eigenvalue weighted by Gasteiger charge is 2.37. The quantitative estimate of drug-likeness (QED) is 0.421. The lowest BCUT2D eigenvalue weighted by Crippen LogP contribution is -2.48. The van der Waals surface area contributed by atoms with Crippen LogP contribution in [-0.4, -0.2) is 59.6 Å². The van der Waals surface area contributed by atoms with Gasteiger partial charge in [0.15, 0.2) is 5.96 Å². The first-order chi connectivity index (χ1) is 12.6. The van der Waals surface area contributed by atoms with Gasteiger partial charge in [-0.3, -0.25) is 4.99 Å². The molecule has 6 nitrogen and oxygen atoms in total. The van der Waals surface area contributed by atoms with Crippen LogP contribution in [0.5, 0.6) is 5.75 Å². The first-order valence-electron chi connectivity index (χ1n) is 9.40. The average Bonchev–Trinajstić information content (AvgIpc) is 2.68. The first-order valence-corrected chi connectivity index (χ1v) is 9.40. The molecular formula is C20H33N3O3. The van der Waals surface area contributed by atoms with E-state index in [1.54, 1.807) is 14.2 Å². The van der Waals surface area contributed by atoms with Crippen molar-refractivity contribution in [3.8, 4) is 5.75 Å². The van der Waals surface area contributed by atoms with Crippen molar-refractivity contribution < 1.29 is 14.2 Å². The molecule has 0 radical (unpaired) electrons. The second kappa shape index (κ2) is 10.4. The molecule has 2 rings (SSSR count). The van der Waals surface area contributed by atoms with Gasteiger partial charge in [-0.05, 0) is 32.8 Å². The lowest BCUT2D eigenvalue weighted by atomic mass is 9.73. The van der Waals surface area contributed by atoms with Gasteiger partial charge in [0.2, 0.25) is 0 Å². The molecule has 0 saturated carbocycles. The van der Waals surface area contributed by atoms with Gasteiger partial charge in [-0.25, -0.2) is 0 Å². The number of aryl methyl sites for hydroxylation is 1. The van der Waals surface area contributed by atoms with Crippen molar-refractivity contribution >= 4 is 5.96 Å². The largest absolute Gasteiger partial charge is 0.496 e. The second-order valence-electron chi connectivity index (χ2n) is 6.65. The molecule has 0 aromatic heterocycles. The summed E-state index contributed by atoms with van der Waals surface area (Å²) in [7, 11) is 3.53. The predicted molar refractivity (Wildman–Crippen MR) is 105 cm³/mol. The molecule has 0 unspecified atom stereocenters. The topological polar surface area (TPSA) is 64.1 Å². The van der Waals surface area contributed by atoms with Gasteiger partial charge in [0.1, 0.15) is 5.75 Å². The maximum absolute atomic E-state index is 5.67. The summed E-state index contributed by atoms with van der Waals surface area (Å²) in [4.78, 5) is 4.33. The number of methoxy groups -OCH3 is 1.